The molecule has 3 amide bonds. The van der Waals surface area contributed by atoms with Crippen molar-refractivity contribution in [1.29, 1.82) is 0 Å². The molecule has 2 aromatic rings. The van der Waals surface area contributed by atoms with Crippen molar-refractivity contribution in [3.05, 3.63) is 53.6 Å². The topological polar surface area (TPSA) is 79.5 Å². The van der Waals surface area contributed by atoms with Gasteiger partial charge in [-0.15, -0.1) is 0 Å². The summed E-state index contributed by atoms with van der Waals surface area (Å²) in [4.78, 5) is 23.5. The van der Waals surface area contributed by atoms with Crippen molar-refractivity contribution >= 4 is 23.3 Å². The first-order chi connectivity index (χ1) is 11.7. The van der Waals surface area contributed by atoms with Crippen molar-refractivity contribution in [2.75, 3.05) is 17.2 Å². The Hall–Kier alpha value is -3.02. The van der Waals surface area contributed by atoms with Crippen molar-refractivity contribution in [3.8, 4) is 5.75 Å². The van der Waals surface area contributed by atoms with Gasteiger partial charge in [-0.2, -0.15) is 0 Å². The Morgan fingerprint density at radius 1 is 1.21 bits per heavy atom. The molecule has 0 spiro atoms. The molecule has 24 heavy (non-hydrogen) atoms. The molecule has 0 bridgehead atoms. The molecule has 0 saturated carbocycles. The Morgan fingerprint density at radius 3 is 3.00 bits per heavy atom. The van der Waals surface area contributed by atoms with Crippen LogP contribution >= 0.6 is 0 Å². The SMILES string of the molecule is O=C1COc2cc(NC(=O)NC3CCc4ccccc43)ccc2N1. The summed E-state index contributed by atoms with van der Waals surface area (Å²) in [7, 11) is 0. The van der Waals surface area contributed by atoms with E-state index in [0.717, 1.165) is 12.8 Å². The molecular weight excluding hydrogens is 306 g/mol. The predicted octanol–water partition coefficient (Wildman–Crippen LogP) is 2.83. The van der Waals surface area contributed by atoms with Gasteiger partial charge in [-0.25, -0.2) is 4.79 Å². The standard InChI is InChI=1S/C18H17N3O3/c22-17-10-24-16-9-12(6-8-15(16)20-17)19-18(23)21-14-7-5-11-3-1-2-4-13(11)14/h1-4,6,8-9,14H,5,7,10H2,(H,20,22)(H2,19,21,23). The number of aryl methyl sites for hydroxylation is 1. The van der Waals surface area contributed by atoms with Gasteiger partial charge in [0.1, 0.15) is 5.75 Å². The van der Waals surface area contributed by atoms with Crippen LogP contribution < -0.4 is 20.7 Å². The number of fused-ring (bicyclic) bond motifs is 2. The summed E-state index contributed by atoms with van der Waals surface area (Å²) in [5, 5.41) is 8.55. The van der Waals surface area contributed by atoms with E-state index < -0.39 is 0 Å². The number of urea groups is 1. The first-order valence-corrected chi connectivity index (χ1v) is 7.91. The number of ether oxygens (including phenoxy) is 1. The van der Waals surface area contributed by atoms with Crippen molar-refractivity contribution in [1.82, 2.24) is 5.32 Å². The Labute approximate surface area is 139 Å². The molecule has 122 valence electrons. The fourth-order valence-electron chi connectivity index (χ4n) is 3.18. The molecule has 2 aliphatic rings. The lowest BCUT2D eigenvalue weighted by Gasteiger charge is -2.19. The highest BCUT2D eigenvalue weighted by Gasteiger charge is 2.23. The fourth-order valence-corrected chi connectivity index (χ4v) is 3.18. The third-order valence-corrected chi connectivity index (χ3v) is 4.31. The lowest BCUT2D eigenvalue weighted by molar-refractivity contribution is -0.118. The van der Waals surface area contributed by atoms with E-state index in [0.29, 0.717) is 17.1 Å². The zero-order valence-electron chi connectivity index (χ0n) is 13.0. The number of carbonyl (C=O) groups excluding carboxylic acids is 2. The first kappa shape index (κ1) is 14.6. The number of hydrogen-bond acceptors (Lipinski definition) is 3. The van der Waals surface area contributed by atoms with Gasteiger partial charge in [0.05, 0.1) is 11.7 Å². The normalized spacial score (nSPS) is 18.0. The van der Waals surface area contributed by atoms with Crippen molar-refractivity contribution in [3.63, 3.8) is 0 Å². The van der Waals surface area contributed by atoms with E-state index in [-0.39, 0.29) is 24.6 Å². The minimum Gasteiger partial charge on any atom is -0.482 e. The number of rotatable bonds is 2. The second-order valence-electron chi connectivity index (χ2n) is 5.94. The summed E-state index contributed by atoms with van der Waals surface area (Å²) in [5.41, 5.74) is 3.71. The number of amides is 3. The average Bonchev–Trinajstić information content (AvgIpc) is 2.98. The highest BCUT2D eigenvalue weighted by atomic mass is 16.5. The Kier molecular flexibility index (Phi) is 3.57. The number of hydrogen-bond donors (Lipinski definition) is 3. The monoisotopic (exact) mass is 323 g/mol. The lowest BCUT2D eigenvalue weighted by Crippen LogP contribution is -2.31. The van der Waals surface area contributed by atoms with Gasteiger partial charge >= 0.3 is 6.03 Å². The van der Waals surface area contributed by atoms with Gasteiger partial charge in [-0.05, 0) is 36.1 Å². The molecule has 0 fully saturated rings. The van der Waals surface area contributed by atoms with Crippen molar-refractivity contribution in [2.45, 2.75) is 18.9 Å². The fraction of sp³-hybridized carbons (Fsp3) is 0.222. The minimum absolute atomic E-state index is 0.0124. The van der Waals surface area contributed by atoms with Crippen molar-refractivity contribution < 1.29 is 14.3 Å². The molecule has 4 rings (SSSR count). The molecule has 6 heteroatoms. The van der Waals surface area contributed by atoms with Gasteiger partial charge < -0.3 is 20.7 Å². The molecule has 3 N–H and O–H groups in total. The van der Waals surface area contributed by atoms with E-state index in [4.69, 9.17) is 4.74 Å². The number of benzene rings is 2. The predicted molar refractivity (Wildman–Crippen MR) is 90.2 cm³/mol. The molecular formula is C18H17N3O3. The van der Waals surface area contributed by atoms with Crippen LogP contribution in [0, 0.1) is 0 Å². The average molecular weight is 323 g/mol. The highest BCUT2D eigenvalue weighted by Crippen LogP contribution is 2.32. The van der Waals surface area contributed by atoms with E-state index in [1.165, 1.54) is 11.1 Å². The van der Waals surface area contributed by atoms with Gasteiger partial charge in [0.25, 0.3) is 5.91 Å². The Morgan fingerprint density at radius 2 is 2.08 bits per heavy atom. The quantitative estimate of drug-likeness (QED) is 0.795. The molecule has 1 aliphatic carbocycles. The zero-order valence-corrected chi connectivity index (χ0v) is 13.0. The molecule has 6 nitrogen and oxygen atoms in total. The van der Waals surface area contributed by atoms with Crippen molar-refractivity contribution in [2.24, 2.45) is 0 Å². The Balaban J connectivity index is 1.43. The van der Waals surface area contributed by atoms with E-state index in [2.05, 4.69) is 28.1 Å². The molecule has 2 aromatic carbocycles. The third-order valence-electron chi connectivity index (χ3n) is 4.31. The zero-order chi connectivity index (χ0) is 16.5. The molecule has 0 aromatic heterocycles. The number of carbonyl (C=O) groups is 2. The summed E-state index contributed by atoms with van der Waals surface area (Å²) < 4.78 is 5.35. The maximum Gasteiger partial charge on any atom is 0.319 e. The van der Waals surface area contributed by atoms with E-state index >= 15 is 0 Å². The van der Waals surface area contributed by atoms with Gasteiger partial charge in [0, 0.05) is 11.8 Å². The van der Waals surface area contributed by atoms with E-state index in [1.54, 1.807) is 18.2 Å². The van der Waals surface area contributed by atoms with Crippen LogP contribution in [-0.4, -0.2) is 18.5 Å². The summed E-state index contributed by atoms with van der Waals surface area (Å²) in [6.07, 6.45) is 1.89. The van der Waals surface area contributed by atoms with Crippen LogP contribution in [0.4, 0.5) is 16.2 Å². The summed E-state index contributed by atoms with van der Waals surface area (Å²) in [5.74, 6) is 0.375. The van der Waals surface area contributed by atoms with Gasteiger partial charge in [0.2, 0.25) is 0 Å². The van der Waals surface area contributed by atoms with Crippen LogP contribution in [0.2, 0.25) is 0 Å². The number of nitrogens with one attached hydrogen (secondary N) is 3. The van der Waals surface area contributed by atoms with Crippen LogP contribution in [0.15, 0.2) is 42.5 Å². The molecule has 1 unspecified atom stereocenters. The number of anilines is 2. The maximum absolute atomic E-state index is 12.3. The molecule has 1 aliphatic heterocycles. The van der Waals surface area contributed by atoms with Crippen LogP contribution in [0.25, 0.3) is 0 Å². The summed E-state index contributed by atoms with van der Waals surface area (Å²) in [6, 6.07) is 13.1. The van der Waals surface area contributed by atoms with Crippen LogP contribution in [0.3, 0.4) is 0 Å². The van der Waals surface area contributed by atoms with Crippen LogP contribution in [0.5, 0.6) is 5.75 Å². The van der Waals surface area contributed by atoms with E-state index in [1.807, 2.05) is 12.1 Å². The second-order valence-corrected chi connectivity index (χ2v) is 5.94. The van der Waals surface area contributed by atoms with Gasteiger partial charge in [0.15, 0.2) is 6.61 Å². The van der Waals surface area contributed by atoms with E-state index in [9.17, 15) is 9.59 Å². The van der Waals surface area contributed by atoms with Gasteiger partial charge in [-0.3, -0.25) is 4.79 Å². The maximum atomic E-state index is 12.3. The molecule has 1 heterocycles. The lowest BCUT2D eigenvalue weighted by atomic mass is 10.1. The van der Waals surface area contributed by atoms with Crippen LogP contribution in [-0.2, 0) is 11.2 Å². The smallest absolute Gasteiger partial charge is 0.319 e. The van der Waals surface area contributed by atoms with Crippen LogP contribution in [0.1, 0.15) is 23.6 Å². The molecule has 0 radical (unpaired) electrons. The minimum atomic E-state index is -0.253. The largest absolute Gasteiger partial charge is 0.482 e. The summed E-state index contributed by atoms with van der Waals surface area (Å²) >= 11 is 0. The second kappa shape index (κ2) is 5.88. The van der Waals surface area contributed by atoms with Gasteiger partial charge in [-0.1, -0.05) is 24.3 Å². The third kappa shape index (κ3) is 2.78. The summed E-state index contributed by atoms with van der Waals surface area (Å²) in [6.45, 7) is -0.0124. The first-order valence-electron chi connectivity index (χ1n) is 7.91. The Bertz CT molecular complexity index is 819. The molecule has 0 saturated heterocycles. The molecule has 1 atom stereocenters. The highest BCUT2D eigenvalue weighted by molar-refractivity contribution is 5.96.